The highest BCUT2D eigenvalue weighted by molar-refractivity contribution is 9.10. The van der Waals surface area contributed by atoms with E-state index in [4.69, 9.17) is 11.6 Å². The summed E-state index contributed by atoms with van der Waals surface area (Å²) in [6, 6.07) is 9.29. The fourth-order valence-electron chi connectivity index (χ4n) is 1.52. The number of nitrogens with one attached hydrogen (secondary N) is 1. The SMILES string of the molecule is Oc1ccc(Br)cc1CNc1ccc(F)cc1Cl. The van der Waals surface area contributed by atoms with Crippen LogP contribution in [0.2, 0.25) is 5.02 Å². The van der Waals surface area contributed by atoms with Crippen molar-refractivity contribution in [3.63, 3.8) is 0 Å². The van der Waals surface area contributed by atoms with Crippen LogP contribution in [-0.2, 0) is 6.54 Å². The van der Waals surface area contributed by atoms with Crippen LogP contribution in [0.3, 0.4) is 0 Å². The van der Waals surface area contributed by atoms with Crippen molar-refractivity contribution in [2.45, 2.75) is 6.54 Å². The Morgan fingerprint density at radius 2 is 2.00 bits per heavy atom. The minimum Gasteiger partial charge on any atom is -0.508 e. The van der Waals surface area contributed by atoms with E-state index in [1.54, 1.807) is 24.3 Å². The molecule has 0 spiro atoms. The summed E-state index contributed by atoms with van der Waals surface area (Å²) in [5.41, 5.74) is 1.35. The quantitative estimate of drug-likeness (QED) is 0.864. The van der Waals surface area contributed by atoms with Crippen LogP contribution in [0.25, 0.3) is 0 Å². The molecule has 0 aliphatic rings. The predicted octanol–water partition coefficient (Wildman–Crippen LogP) is 4.56. The monoisotopic (exact) mass is 329 g/mol. The summed E-state index contributed by atoms with van der Waals surface area (Å²) in [5, 5.41) is 13.0. The van der Waals surface area contributed by atoms with E-state index in [0.29, 0.717) is 17.3 Å². The standard InChI is InChI=1S/C13H10BrClFNO/c14-9-1-4-13(18)8(5-9)7-17-12-3-2-10(16)6-11(12)15/h1-6,17-18H,7H2. The molecule has 94 valence electrons. The van der Waals surface area contributed by atoms with Crippen LogP contribution in [-0.4, -0.2) is 5.11 Å². The minimum atomic E-state index is -0.379. The van der Waals surface area contributed by atoms with Gasteiger partial charge >= 0.3 is 0 Å². The molecule has 2 aromatic rings. The van der Waals surface area contributed by atoms with Crippen LogP contribution in [0.1, 0.15) is 5.56 Å². The summed E-state index contributed by atoms with van der Waals surface area (Å²) in [6.45, 7) is 0.399. The predicted molar refractivity (Wildman–Crippen MR) is 74.5 cm³/mol. The van der Waals surface area contributed by atoms with Crippen molar-refractivity contribution in [2.24, 2.45) is 0 Å². The molecule has 0 aliphatic carbocycles. The molecule has 2 rings (SSSR count). The van der Waals surface area contributed by atoms with Gasteiger partial charge in [-0.1, -0.05) is 27.5 Å². The Balaban J connectivity index is 2.13. The first kappa shape index (κ1) is 13.2. The topological polar surface area (TPSA) is 32.3 Å². The van der Waals surface area contributed by atoms with E-state index in [9.17, 15) is 9.50 Å². The van der Waals surface area contributed by atoms with Crippen LogP contribution in [0.4, 0.5) is 10.1 Å². The van der Waals surface area contributed by atoms with Crippen LogP contribution in [0.15, 0.2) is 40.9 Å². The molecule has 0 bridgehead atoms. The summed E-state index contributed by atoms with van der Waals surface area (Å²) in [7, 11) is 0. The maximum Gasteiger partial charge on any atom is 0.124 e. The Labute approximate surface area is 118 Å². The Kier molecular flexibility index (Phi) is 4.09. The Morgan fingerprint density at radius 1 is 1.22 bits per heavy atom. The van der Waals surface area contributed by atoms with Crippen molar-refractivity contribution < 1.29 is 9.50 Å². The average molecular weight is 331 g/mol. The van der Waals surface area contributed by atoms with E-state index in [1.807, 2.05) is 0 Å². The van der Waals surface area contributed by atoms with Crippen LogP contribution in [0, 0.1) is 5.82 Å². The molecule has 18 heavy (non-hydrogen) atoms. The molecular formula is C13H10BrClFNO. The maximum absolute atomic E-state index is 12.9. The normalized spacial score (nSPS) is 10.4. The van der Waals surface area contributed by atoms with Crippen LogP contribution in [0.5, 0.6) is 5.75 Å². The van der Waals surface area contributed by atoms with Gasteiger partial charge in [-0.15, -0.1) is 0 Å². The van der Waals surface area contributed by atoms with Crippen molar-refractivity contribution >= 4 is 33.2 Å². The lowest BCUT2D eigenvalue weighted by Gasteiger charge is -2.10. The number of phenolic OH excluding ortho intramolecular Hbond substituents is 1. The fourth-order valence-corrected chi connectivity index (χ4v) is 2.16. The Bertz CT molecular complexity index is 577. The van der Waals surface area contributed by atoms with Gasteiger partial charge in [-0.25, -0.2) is 4.39 Å². The lowest BCUT2D eigenvalue weighted by atomic mass is 10.2. The van der Waals surface area contributed by atoms with Gasteiger partial charge in [-0.3, -0.25) is 0 Å². The van der Waals surface area contributed by atoms with E-state index < -0.39 is 0 Å². The second-order valence-electron chi connectivity index (χ2n) is 3.75. The summed E-state index contributed by atoms with van der Waals surface area (Å²) < 4.78 is 13.7. The van der Waals surface area contributed by atoms with E-state index in [0.717, 1.165) is 10.0 Å². The van der Waals surface area contributed by atoms with Gasteiger partial charge in [0.05, 0.1) is 10.7 Å². The van der Waals surface area contributed by atoms with Crippen molar-refractivity contribution in [2.75, 3.05) is 5.32 Å². The van der Waals surface area contributed by atoms with Gasteiger partial charge in [0.15, 0.2) is 0 Å². The summed E-state index contributed by atoms with van der Waals surface area (Å²) in [5.74, 6) is -0.181. The van der Waals surface area contributed by atoms with E-state index >= 15 is 0 Å². The van der Waals surface area contributed by atoms with Gasteiger partial charge in [0.2, 0.25) is 0 Å². The molecule has 2 N–H and O–H groups in total. The molecule has 0 aromatic heterocycles. The summed E-state index contributed by atoms with van der Waals surface area (Å²) >= 11 is 9.22. The molecule has 5 heteroatoms. The molecule has 2 aromatic carbocycles. The Morgan fingerprint density at radius 3 is 2.72 bits per heavy atom. The maximum atomic E-state index is 12.9. The van der Waals surface area contributed by atoms with Crippen molar-refractivity contribution in [3.8, 4) is 5.75 Å². The fraction of sp³-hybridized carbons (Fsp3) is 0.0769. The van der Waals surface area contributed by atoms with E-state index in [1.165, 1.54) is 12.1 Å². The number of rotatable bonds is 3. The van der Waals surface area contributed by atoms with Gasteiger partial charge in [0, 0.05) is 16.6 Å². The smallest absolute Gasteiger partial charge is 0.124 e. The third kappa shape index (κ3) is 3.15. The molecule has 0 atom stereocenters. The zero-order chi connectivity index (χ0) is 13.1. The third-order valence-electron chi connectivity index (χ3n) is 2.44. The molecule has 0 amide bonds. The molecule has 0 heterocycles. The lowest BCUT2D eigenvalue weighted by molar-refractivity contribution is 0.469. The minimum absolute atomic E-state index is 0.198. The molecule has 0 unspecified atom stereocenters. The first-order valence-electron chi connectivity index (χ1n) is 5.22. The first-order chi connectivity index (χ1) is 8.56. The highest BCUT2D eigenvalue weighted by atomic mass is 79.9. The molecule has 0 radical (unpaired) electrons. The van der Waals surface area contributed by atoms with Gasteiger partial charge in [0.1, 0.15) is 11.6 Å². The van der Waals surface area contributed by atoms with Gasteiger partial charge in [-0.05, 0) is 36.4 Å². The first-order valence-corrected chi connectivity index (χ1v) is 6.39. The van der Waals surface area contributed by atoms with Gasteiger partial charge in [0.25, 0.3) is 0 Å². The van der Waals surface area contributed by atoms with E-state index in [-0.39, 0.29) is 11.6 Å². The van der Waals surface area contributed by atoms with Crippen molar-refractivity contribution in [1.82, 2.24) is 0 Å². The summed E-state index contributed by atoms with van der Waals surface area (Å²) in [6.07, 6.45) is 0. The molecule has 2 nitrogen and oxygen atoms in total. The second kappa shape index (κ2) is 5.59. The van der Waals surface area contributed by atoms with Gasteiger partial charge < -0.3 is 10.4 Å². The highest BCUT2D eigenvalue weighted by Gasteiger charge is 2.05. The second-order valence-corrected chi connectivity index (χ2v) is 5.07. The number of hydrogen-bond donors (Lipinski definition) is 2. The average Bonchev–Trinajstić information content (AvgIpc) is 2.32. The van der Waals surface area contributed by atoms with E-state index in [2.05, 4.69) is 21.2 Å². The molecule has 0 saturated carbocycles. The molecule has 0 fully saturated rings. The zero-order valence-corrected chi connectivity index (χ0v) is 11.6. The zero-order valence-electron chi connectivity index (χ0n) is 9.25. The van der Waals surface area contributed by atoms with Crippen molar-refractivity contribution in [3.05, 3.63) is 57.3 Å². The third-order valence-corrected chi connectivity index (χ3v) is 3.25. The molecule has 0 saturated heterocycles. The number of phenols is 1. The largest absolute Gasteiger partial charge is 0.508 e. The number of benzene rings is 2. The molecule has 0 aliphatic heterocycles. The van der Waals surface area contributed by atoms with Gasteiger partial charge in [-0.2, -0.15) is 0 Å². The van der Waals surface area contributed by atoms with Crippen LogP contribution < -0.4 is 5.32 Å². The molecular weight excluding hydrogens is 321 g/mol. The van der Waals surface area contributed by atoms with Crippen molar-refractivity contribution in [1.29, 1.82) is 0 Å². The number of aromatic hydroxyl groups is 1. The number of anilines is 1. The lowest BCUT2D eigenvalue weighted by Crippen LogP contribution is -2.00. The number of hydrogen-bond acceptors (Lipinski definition) is 2. The highest BCUT2D eigenvalue weighted by Crippen LogP contribution is 2.26. The van der Waals surface area contributed by atoms with Crippen LogP contribution >= 0.6 is 27.5 Å². The number of halogens is 3. The summed E-state index contributed by atoms with van der Waals surface area (Å²) in [4.78, 5) is 0. The Hall–Kier alpha value is -1.26.